The van der Waals surface area contributed by atoms with Crippen molar-refractivity contribution in [2.75, 3.05) is 51.8 Å². The SMILES string of the molecule is CN1CCN(C(=O)CCN(C)c2ccc(F)cc2)CCOc2ccc(-c3cccnc3)cc2Cc2cccc(c2)C1=O. The molecule has 0 atom stereocenters. The van der Waals surface area contributed by atoms with Crippen LogP contribution >= 0.6 is 0 Å². The summed E-state index contributed by atoms with van der Waals surface area (Å²) in [4.78, 5) is 36.3. The van der Waals surface area contributed by atoms with E-state index in [4.69, 9.17) is 4.74 Å². The van der Waals surface area contributed by atoms with Gasteiger partial charge in [-0.3, -0.25) is 14.6 Å². The van der Waals surface area contributed by atoms with Gasteiger partial charge in [-0.25, -0.2) is 4.39 Å². The van der Waals surface area contributed by atoms with Gasteiger partial charge in [0.25, 0.3) is 5.91 Å². The van der Waals surface area contributed by atoms with Gasteiger partial charge in [-0.2, -0.15) is 0 Å². The van der Waals surface area contributed by atoms with Crippen molar-refractivity contribution in [1.82, 2.24) is 14.8 Å². The topological polar surface area (TPSA) is 66.0 Å². The minimum atomic E-state index is -0.297. The molecule has 0 saturated carbocycles. The largest absolute Gasteiger partial charge is 0.491 e. The van der Waals surface area contributed by atoms with Crippen molar-refractivity contribution in [3.05, 3.63) is 114 Å². The van der Waals surface area contributed by atoms with Crippen LogP contribution < -0.4 is 9.64 Å². The monoisotopic (exact) mass is 566 g/mol. The van der Waals surface area contributed by atoms with Gasteiger partial charge in [0.1, 0.15) is 18.2 Å². The average molecular weight is 567 g/mol. The Hall–Kier alpha value is -4.72. The van der Waals surface area contributed by atoms with E-state index in [1.165, 1.54) is 12.1 Å². The van der Waals surface area contributed by atoms with Crippen molar-refractivity contribution in [2.24, 2.45) is 0 Å². The molecule has 0 N–H and O–H groups in total. The number of ether oxygens (including phenoxy) is 1. The quantitative estimate of drug-likeness (QED) is 0.328. The minimum Gasteiger partial charge on any atom is -0.491 e. The molecular weight excluding hydrogens is 531 g/mol. The highest BCUT2D eigenvalue weighted by molar-refractivity contribution is 5.94. The smallest absolute Gasteiger partial charge is 0.253 e. The Morgan fingerprint density at radius 2 is 1.76 bits per heavy atom. The van der Waals surface area contributed by atoms with Gasteiger partial charge < -0.3 is 19.4 Å². The Morgan fingerprint density at radius 1 is 0.952 bits per heavy atom. The summed E-state index contributed by atoms with van der Waals surface area (Å²) < 4.78 is 19.6. The molecule has 1 aliphatic heterocycles. The highest BCUT2D eigenvalue weighted by atomic mass is 19.1. The van der Waals surface area contributed by atoms with Crippen LogP contribution in [0.2, 0.25) is 0 Å². The van der Waals surface area contributed by atoms with Crippen molar-refractivity contribution in [3.63, 3.8) is 0 Å². The van der Waals surface area contributed by atoms with Gasteiger partial charge in [0.2, 0.25) is 5.91 Å². The van der Waals surface area contributed by atoms with Crippen LogP contribution in [0.1, 0.15) is 27.9 Å². The number of nitrogens with zero attached hydrogens (tertiary/aromatic N) is 4. The van der Waals surface area contributed by atoms with Gasteiger partial charge in [0.15, 0.2) is 0 Å². The maximum absolute atomic E-state index is 13.4. The van der Waals surface area contributed by atoms with E-state index < -0.39 is 0 Å². The molecule has 0 unspecified atom stereocenters. The Kier molecular flexibility index (Phi) is 9.12. The lowest BCUT2D eigenvalue weighted by Gasteiger charge is -2.28. The Bertz CT molecular complexity index is 1530. The second-order valence-electron chi connectivity index (χ2n) is 10.5. The fraction of sp³-hybridized carbons (Fsp3) is 0.265. The number of carbonyl (C=O) groups excluding carboxylic acids is 2. The average Bonchev–Trinajstić information content (AvgIpc) is 3.02. The third kappa shape index (κ3) is 7.13. The van der Waals surface area contributed by atoms with Crippen molar-refractivity contribution >= 4 is 17.5 Å². The Morgan fingerprint density at radius 3 is 2.55 bits per heavy atom. The molecular formula is C34H35FN4O3. The number of amides is 2. The number of hydrogen-bond acceptors (Lipinski definition) is 5. The fourth-order valence-corrected chi connectivity index (χ4v) is 5.07. The first kappa shape index (κ1) is 28.8. The maximum atomic E-state index is 13.4. The van der Waals surface area contributed by atoms with E-state index >= 15 is 0 Å². The van der Waals surface area contributed by atoms with Gasteiger partial charge >= 0.3 is 0 Å². The highest BCUT2D eigenvalue weighted by Crippen LogP contribution is 2.29. The lowest BCUT2D eigenvalue weighted by Crippen LogP contribution is -2.42. The van der Waals surface area contributed by atoms with E-state index in [1.54, 1.807) is 35.2 Å². The summed E-state index contributed by atoms with van der Waals surface area (Å²) in [5, 5.41) is 0. The zero-order valence-corrected chi connectivity index (χ0v) is 24.0. The highest BCUT2D eigenvalue weighted by Gasteiger charge is 2.20. The first-order valence-corrected chi connectivity index (χ1v) is 14.1. The molecule has 2 bridgehead atoms. The van der Waals surface area contributed by atoms with E-state index in [0.717, 1.165) is 33.7 Å². The van der Waals surface area contributed by atoms with Crippen LogP contribution in [0.15, 0.2) is 91.3 Å². The van der Waals surface area contributed by atoms with Crippen LogP contribution in [-0.4, -0.2) is 73.5 Å². The minimum absolute atomic E-state index is 0.0327. The van der Waals surface area contributed by atoms with Gasteiger partial charge in [0.05, 0.1) is 6.54 Å². The number of halogens is 1. The molecule has 8 heteroatoms. The summed E-state index contributed by atoms with van der Waals surface area (Å²) in [5.74, 6) is 0.332. The number of hydrogen-bond donors (Lipinski definition) is 0. The Labute approximate surface area is 246 Å². The van der Waals surface area contributed by atoms with Crippen LogP contribution in [0.4, 0.5) is 10.1 Å². The summed E-state index contributed by atoms with van der Waals surface area (Å²) in [6.07, 6.45) is 4.45. The zero-order chi connectivity index (χ0) is 29.5. The molecule has 4 aromatic rings. The van der Waals surface area contributed by atoms with Gasteiger partial charge in [0, 0.05) is 75.8 Å². The molecule has 3 aromatic carbocycles. The zero-order valence-electron chi connectivity index (χ0n) is 24.0. The molecule has 7 nitrogen and oxygen atoms in total. The number of anilines is 1. The van der Waals surface area contributed by atoms with Gasteiger partial charge in [-0.15, -0.1) is 0 Å². The summed E-state index contributed by atoms with van der Waals surface area (Å²) in [7, 11) is 3.64. The second-order valence-corrected chi connectivity index (χ2v) is 10.5. The summed E-state index contributed by atoms with van der Waals surface area (Å²) in [6, 6.07) is 23.9. The molecule has 1 aromatic heterocycles. The van der Waals surface area contributed by atoms with Crippen molar-refractivity contribution in [1.29, 1.82) is 0 Å². The predicted octanol–water partition coefficient (Wildman–Crippen LogP) is 5.30. The lowest BCUT2D eigenvalue weighted by atomic mass is 9.98. The van der Waals surface area contributed by atoms with Crippen LogP contribution in [-0.2, 0) is 11.2 Å². The number of rotatable bonds is 5. The van der Waals surface area contributed by atoms with E-state index in [-0.39, 0.29) is 24.1 Å². The van der Waals surface area contributed by atoms with Crippen molar-refractivity contribution < 1.29 is 18.7 Å². The lowest BCUT2D eigenvalue weighted by molar-refractivity contribution is -0.131. The number of fused-ring (bicyclic) bond motifs is 3. The van der Waals surface area contributed by atoms with E-state index in [9.17, 15) is 14.0 Å². The molecule has 0 aliphatic carbocycles. The number of carbonyl (C=O) groups is 2. The molecule has 5 rings (SSSR count). The summed E-state index contributed by atoms with van der Waals surface area (Å²) in [6.45, 7) is 1.96. The molecule has 42 heavy (non-hydrogen) atoms. The molecule has 1 aliphatic rings. The molecule has 216 valence electrons. The van der Waals surface area contributed by atoms with Crippen LogP contribution in [0.5, 0.6) is 5.75 Å². The first-order valence-electron chi connectivity index (χ1n) is 14.1. The molecule has 0 spiro atoms. The molecule has 2 heterocycles. The van der Waals surface area contributed by atoms with Crippen LogP contribution in [0, 0.1) is 5.82 Å². The van der Waals surface area contributed by atoms with E-state index in [1.807, 2.05) is 66.7 Å². The van der Waals surface area contributed by atoms with Crippen LogP contribution in [0.25, 0.3) is 11.1 Å². The third-order valence-electron chi connectivity index (χ3n) is 7.58. The predicted molar refractivity (Wildman–Crippen MR) is 162 cm³/mol. The normalized spacial score (nSPS) is 14.0. The second kappa shape index (κ2) is 13.3. The molecule has 0 fully saturated rings. The number of pyridine rings is 1. The Balaban J connectivity index is 1.37. The van der Waals surface area contributed by atoms with Gasteiger partial charge in [-0.05, 0) is 71.3 Å². The molecule has 0 radical (unpaired) electrons. The fourth-order valence-electron chi connectivity index (χ4n) is 5.07. The van der Waals surface area contributed by atoms with Crippen molar-refractivity contribution in [3.8, 4) is 16.9 Å². The molecule has 0 saturated heterocycles. The number of aromatic nitrogens is 1. The molecule has 2 amide bonds. The number of benzene rings is 3. The summed E-state index contributed by atoms with van der Waals surface area (Å²) in [5.41, 5.74) is 5.49. The van der Waals surface area contributed by atoms with E-state index in [0.29, 0.717) is 44.8 Å². The first-order chi connectivity index (χ1) is 20.4. The summed E-state index contributed by atoms with van der Waals surface area (Å²) >= 11 is 0. The number of likely N-dealkylation sites (N-methyl/N-ethyl adjacent to an activating group) is 1. The van der Waals surface area contributed by atoms with Gasteiger partial charge in [-0.1, -0.05) is 24.3 Å². The standard InChI is InChI=1S/C34H35FN4O3/c1-37(31-11-9-30(35)10-12-31)16-14-33(40)39-18-17-38(2)34(41)27-6-3-5-25(21-27)22-29-23-26(28-7-4-15-36-24-28)8-13-32(29)42-20-19-39/h3-13,15,21,23-24H,14,16-20,22H2,1-2H3. The van der Waals surface area contributed by atoms with E-state index in [2.05, 4.69) is 11.1 Å². The maximum Gasteiger partial charge on any atom is 0.253 e. The van der Waals surface area contributed by atoms with Crippen molar-refractivity contribution in [2.45, 2.75) is 12.8 Å². The van der Waals surface area contributed by atoms with Crippen LogP contribution in [0.3, 0.4) is 0 Å². The third-order valence-corrected chi connectivity index (χ3v) is 7.58.